The molecular formula is C12H23N3O. The Labute approximate surface area is 98.2 Å². The first-order chi connectivity index (χ1) is 7.83. The molecule has 0 atom stereocenters. The molecule has 1 amide bonds. The molecule has 0 aromatic heterocycles. The van der Waals surface area contributed by atoms with Crippen LogP contribution in [0, 0.1) is 0 Å². The highest BCUT2D eigenvalue weighted by atomic mass is 16.1. The Kier molecular flexibility index (Phi) is 4.18. The van der Waals surface area contributed by atoms with Crippen molar-refractivity contribution in [1.82, 2.24) is 14.7 Å². The van der Waals surface area contributed by atoms with E-state index in [9.17, 15) is 4.79 Å². The Morgan fingerprint density at radius 2 is 1.69 bits per heavy atom. The molecule has 2 fully saturated rings. The van der Waals surface area contributed by atoms with Crippen LogP contribution in [0.1, 0.15) is 19.8 Å². The smallest absolute Gasteiger partial charge is 0.209 e. The number of likely N-dealkylation sites (tertiary alicyclic amines) is 1. The van der Waals surface area contributed by atoms with Crippen molar-refractivity contribution in [3.05, 3.63) is 0 Å². The zero-order valence-electron chi connectivity index (χ0n) is 10.3. The minimum absolute atomic E-state index is 0.718. The van der Waals surface area contributed by atoms with Crippen molar-refractivity contribution >= 4 is 6.41 Å². The molecule has 2 aliphatic rings. The van der Waals surface area contributed by atoms with Gasteiger partial charge < -0.3 is 9.80 Å². The lowest BCUT2D eigenvalue weighted by atomic mass is 10.0. The Balaban J connectivity index is 1.75. The van der Waals surface area contributed by atoms with Crippen LogP contribution in [0.15, 0.2) is 0 Å². The van der Waals surface area contributed by atoms with E-state index in [-0.39, 0.29) is 0 Å². The average Bonchev–Trinajstić information content (AvgIpc) is 2.39. The minimum atomic E-state index is 0.718. The maximum absolute atomic E-state index is 10.6. The molecule has 0 bridgehead atoms. The van der Waals surface area contributed by atoms with Gasteiger partial charge in [-0.25, -0.2) is 0 Å². The first-order valence-electron chi connectivity index (χ1n) is 6.49. The van der Waals surface area contributed by atoms with Crippen LogP contribution in [0.5, 0.6) is 0 Å². The minimum Gasteiger partial charge on any atom is -0.345 e. The molecule has 0 saturated carbocycles. The Morgan fingerprint density at radius 3 is 2.19 bits per heavy atom. The summed E-state index contributed by atoms with van der Waals surface area (Å²) in [7, 11) is 0. The van der Waals surface area contributed by atoms with Gasteiger partial charge in [0, 0.05) is 45.3 Å². The van der Waals surface area contributed by atoms with E-state index in [2.05, 4.69) is 16.7 Å². The van der Waals surface area contributed by atoms with Gasteiger partial charge >= 0.3 is 0 Å². The molecule has 0 aromatic rings. The maximum atomic E-state index is 10.6. The fourth-order valence-electron chi connectivity index (χ4n) is 2.80. The van der Waals surface area contributed by atoms with E-state index in [1.54, 1.807) is 0 Å². The van der Waals surface area contributed by atoms with Gasteiger partial charge in [0.2, 0.25) is 6.41 Å². The van der Waals surface area contributed by atoms with Crippen molar-refractivity contribution in [3.8, 4) is 0 Å². The van der Waals surface area contributed by atoms with E-state index in [4.69, 9.17) is 0 Å². The molecule has 0 aromatic carbocycles. The number of carbonyl (C=O) groups is 1. The van der Waals surface area contributed by atoms with Crippen molar-refractivity contribution in [2.45, 2.75) is 25.8 Å². The number of hydrogen-bond acceptors (Lipinski definition) is 3. The summed E-state index contributed by atoms with van der Waals surface area (Å²) in [6.45, 7) is 10.1. The molecule has 92 valence electrons. The predicted molar refractivity (Wildman–Crippen MR) is 64.3 cm³/mol. The molecule has 0 spiro atoms. The first kappa shape index (κ1) is 11.9. The molecule has 0 N–H and O–H groups in total. The van der Waals surface area contributed by atoms with Gasteiger partial charge in [-0.2, -0.15) is 0 Å². The average molecular weight is 225 g/mol. The van der Waals surface area contributed by atoms with Crippen molar-refractivity contribution in [1.29, 1.82) is 0 Å². The molecular weight excluding hydrogens is 202 g/mol. The number of amides is 1. The fourth-order valence-corrected chi connectivity index (χ4v) is 2.80. The second kappa shape index (κ2) is 5.64. The summed E-state index contributed by atoms with van der Waals surface area (Å²) < 4.78 is 0. The van der Waals surface area contributed by atoms with Crippen LogP contribution in [0.25, 0.3) is 0 Å². The highest BCUT2D eigenvalue weighted by Gasteiger charge is 2.26. The lowest BCUT2D eigenvalue weighted by molar-refractivity contribution is -0.119. The second-order valence-electron chi connectivity index (χ2n) is 4.84. The lowest BCUT2D eigenvalue weighted by Gasteiger charge is -2.42. The van der Waals surface area contributed by atoms with Crippen molar-refractivity contribution in [2.24, 2.45) is 0 Å². The molecule has 0 radical (unpaired) electrons. The number of piperidine rings is 1. The number of piperazine rings is 1. The Morgan fingerprint density at radius 1 is 1.06 bits per heavy atom. The molecule has 2 saturated heterocycles. The summed E-state index contributed by atoms with van der Waals surface area (Å²) in [5, 5.41) is 0. The largest absolute Gasteiger partial charge is 0.345 e. The van der Waals surface area contributed by atoms with Gasteiger partial charge in [-0.1, -0.05) is 6.92 Å². The quantitative estimate of drug-likeness (QED) is 0.644. The van der Waals surface area contributed by atoms with Gasteiger partial charge in [-0.05, 0) is 19.4 Å². The van der Waals surface area contributed by atoms with E-state index in [0.29, 0.717) is 0 Å². The number of carbonyl (C=O) groups excluding carboxylic acids is 1. The third-order valence-corrected chi connectivity index (χ3v) is 4.02. The van der Waals surface area contributed by atoms with E-state index >= 15 is 0 Å². The second-order valence-corrected chi connectivity index (χ2v) is 4.84. The summed E-state index contributed by atoms with van der Waals surface area (Å²) >= 11 is 0. The van der Waals surface area contributed by atoms with Crippen LogP contribution in [-0.4, -0.2) is 73.0 Å². The van der Waals surface area contributed by atoms with E-state index < -0.39 is 0 Å². The number of likely N-dealkylation sites (N-methyl/N-ethyl adjacent to an activating group) is 1. The zero-order chi connectivity index (χ0) is 11.4. The van der Waals surface area contributed by atoms with E-state index in [1.165, 1.54) is 32.7 Å². The van der Waals surface area contributed by atoms with Gasteiger partial charge in [0.25, 0.3) is 0 Å². The van der Waals surface area contributed by atoms with Crippen LogP contribution in [0.4, 0.5) is 0 Å². The molecule has 0 aliphatic carbocycles. The number of nitrogens with zero attached hydrogens (tertiary/aromatic N) is 3. The topological polar surface area (TPSA) is 26.8 Å². The highest BCUT2D eigenvalue weighted by molar-refractivity contribution is 5.47. The zero-order valence-corrected chi connectivity index (χ0v) is 10.3. The summed E-state index contributed by atoms with van der Waals surface area (Å²) in [4.78, 5) is 17.7. The van der Waals surface area contributed by atoms with Crippen LogP contribution in [0.3, 0.4) is 0 Å². The van der Waals surface area contributed by atoms with Crippen LogP contribution in [0.2, 0.25) is 0 Å². The van der Waals surface area contributed by atoms with Gasteiger partial charge in [0.15, 0.2) is 0 Å². The molecule has 2 heterocycles. The third kappa shape index (κ3) is 2.74. The van der Waals surface area contributed by atoms with Gasteiger partial charge in [0.1, 0.15) is 0 Å². The van der Waals surface area contributed by atoms with E-state index in [0.717, 1.165) is 38.4 Å². The van der Waals surface area contributed by atoms with Gasteiger partial charge in [0.05, 0.1) is 0 Å². The summed E-state index contributed by atoms with van der Waals surface area (Å²) in [5.74, 6) is 0. The third-order valence-electron chi connectivity index (χ3n) is 4.02. The Hall–Kier alpha value is -0.610. The fraction of sp³-hybridized carbons (Fsp3) is 0.917. The normalized spacial score (nSPS) is 25.9. The molecule has 2 aliphatic heterocycles. The predicted octanol–water partition coefficient (Wildman–Crippen LogP) is 0.245. The molecule has 16 heavy (non-hydrogen) atoms. The highest BCUT2D eigenvalue weighted by Crippen LogP contribution is 2.17. The van der Waals surface area contributed by atoms with Gasteiger partial charge in [-0.15, -0.1) is 0 Å². The summed E-state index contributed by atoms with van der Waals surface area (Å²) in [6.07, 6.45) is 3.31. The van der Waals surface area contributed by atoms with Crippen LogP contribution < -0.4 is 0 Å². The number of rotatable bonds is 3. The van der Waals surface area contributed by atoms with Gasteiger partial charge in [-0.3, -0.25) is 9.69 Å². The SMILES string of the molecule is CCN1CCN(C2CCN(C=O)CC2)CC1. The van der Waals surface area contributed by atoms with Crippen molar-refractivity contribution in [3.63, 3.8) is 0 Å². The van der Waals surface area contributed by atoms with Crippen LogP contribution >= 0.6 is 0 Å². The molecule has 4 nitrogen and oxygen atoms in total. The summed E-state index contributed by atoms with van der Waals surface area (Å²) in [6, 6.07) is 0.718. The number of hydrogen-bond donors (Lipinski definition) is 0. The lowest BCUT2D eigenvalue weighted by Crippen LogP contribution is -2.52. The molecule has 4 heteroatoms. The van der Waals surface area contributed by atoms with Crippen molar-refractivity contribution in [2.75, 3.05) is 45.8 Å². The molecule has 2 rings (SSSR count). The van der Waals surface area contributed by atoms with E-state index in [1.807, 2.05) is 4.90 Å². The summed E-state index contributed by atoms with van der Waals surface area (Å²) in [5.41, 5.74) is 0. The first-order valence-corrected chi connectivity index (χ1v) is 6.49. The standard InChI is InChI=1S/C12H23N3O/c1-2-13-7-9-15(10-8-13)12-3-5-14(11-16)6-4-12/h11-12H,2-10H2,1H3. The monoisotopic (exact) mass is 225 g/mol. The van der Waals surface area contributed by atoms with Crippen LogP contribution in [-0.2, 0) is 4.79 Å². The van der Waals surface area contributed by atoms with Crippen molar-refractivity contribution < 1.29 is 4.79 Å². The Bertz CT molecular complexity index is 218. The maximum Gasteiger partial charge on any atom is 0.209 e. The molecule has 0 unspecified atom stereocenters.